The molecular weight excluding hydrogens is 320 g/mol. The minimum atomic E-state index is -0.285. The number of carbonyl (C=O) groups excluding carboxylic acids is 2. The van der Waals surface area contributed by atoms with Crippen LogP contribution in [0.3, 0.4) is 0 Å². The third kappa shape index (κ3) is 7.15. The van der Waals surface area contributed by atoms with Crippen molar-refractivity contribution in [1.29, 1.82) is 0 Å². The Kier molecular flexibility index (Phi) is 7.63. The van der Waals surface area contributed by atoms with E-state index in [0.29, 0.717) is 6.54 Å². The van der Waals surface area contributed by atoms with Crippen molar-refractivity contribution < 1.29 is 9.59 Å². The minimum Gasteiger partial charge on any atom is -0.354 e. The molecule has 0 saturated heterocycles. The topological polar surface area (TPSA) is 58.2 Å². The van der Waals surface area contributed by atoms with Crippen molar-refractivity contribution in [2.24, 2.45) is 0 Å². The maximum atomic E-state index is 11.7. The molecule has 5 heteroatoms. The average Bonchev–Trinajstić information content (AvgIpc) is 2.63. The molecule has 0 aliphatic rings. The van der Waals surface area contributed by atoms with Crippen LogP contribution >= 0.6 is 11.8 Å². The van der Waals surface area contributed by atoms with Gasteiger partial charge >= 0.3 is 0 Å². The van der Waals surface area contributed by atoms with Crippen molar-refractivity contribution in [3.63, 3.8) is 0 Å². The summed E-state index contributed by atoms with van der Waals surface area (Å²) in [4.78, 5) is 24.5. The van der Waals surface area contributed by atoms with E-state index in [4.69, 9.17) is 0 Å². The van der Waals surface area contributed by atoms with Crippen LogP contribution in [0.5, 0.6) is 0 Å². The molecule has 2 aromatic rings. The Balaban J connectivity index is 1.59. The first kappa shape index (κ1) is 17.8. The second kappa shape index (κ2) is 10.3. The summed E-state index contributed by atoms with van der Waals surface area (Å²) >= 11 is 1.68. The van der Waals surface area contributed by atoms with E-state index in [0.717, 1.165) is 11.3 Å². The molecule has 2 amide bonds. The van der Waals surface area contributed by atoms with Crippen LogP contribution in [0.15, 0.2) is 71.6 Å². The summed E-state index contributed by atoms with van der Waals surface area (Å²) in [5.74, 6) is 0.315. The lowest BCUT2D eigenvalue weighted by Gasteiger charge is -2.05. The van der Waals surface area contributed by atoms with Gasteiger partial charge in [-0.1, -0.05) is 48.5 Å². The Labute approximate surface area is 146 Å². The first-order valence-corrected chi connectivity index (χ1v) is 8.68. The van der Waals surface area contributed by atoms with Crippen molar-refractivity contribution in [3.05, 3.63) is 72.3 Å². The molecule has 0 fully saturated rings. The fourth-order valence-corrected chi connectivity index (χ4v) is 2.69. The first-order valence-electron chi connectivity index (χ1n) is 7.69. The monoisotopic (exact) mass is 340 g/mol. The summed E-state index contributed by atoms with van der Waals surface area (Å²) < 4.78 is 0. The standard InChI is InChI=1S/C19H20N2O2S/c22-18(12-11-16-7-3-1-4-8-16)21-15-19(23)20-13-14-24-17-9-5-2-6-10-17/h1-12H,13-15H2,(H,20,23)(H,21,22)/b12-11+. The van der Waals surface area contributed by atoms with Gasteiger partial charge in [-0.05, 0) is 23.8 Å². The molecule has 0 bridgehead atoms. The average molecular weight is 340 g/mol. The van der Waals surface area contributed by atoms with E-state index >= 15 is 0 Å². The molecular formula is C19H20N2O2S. The zero-order valence-corrected chi connectivity index (χ0v) is 14.1. The van der Waals surface area contributed by atoms with Gasteiger partial charge in [0.1, 0.15) is 0 Å². The van der Waals surface area contributed by atoms with Crippen LogP contribution < -0.4 is 10.6 Å². The van der Waals surface area contributed by atoms with Crippen LogP contribution in [0.4, 0.5) is 0 Å². The van der Waals surface area contributed by atoms with E-state index in [1.165, 1.54) is 11.0 Å². The molecule has 2 rings (SSSR count). The third-order valence-corrected chi connectivity index (χ3v) is 4.10. The quantitative estimate of drug-likeness (QED) is 0.441. The number of carbonyl (C=O) groups is 2. The van der Waals surface area contributed by atoms with Gasteiger partial charge in [-0.25, -0.2) is 0 Å². The molecule has 124 valence electrons. The van der Waals surface area contributed by atoms with Gasteiger partial charge in [0.05, 0.1) is 6.54 Å². The Morgan fingerprint density at radius 3 is 2.29 bits per heavy atom. The second-order valence-corrected chi connectivity index (χ2v) is 6.14. The Morgan fingerprint density at radius 1 is 0.917 bits per heavy atom. The van der Waals surface area contributed by atoms with Crippen molar-refractivity contribution in [1.82, 2.24) is 10.6 Å². The molecule has 0 atom stereocenters. The third-order valence-electron chi connectivity index (χ3n) is 3.09. The van der Waals surface area contributed by atoms with Gasteiger partial charge in [0.2, 0.25) is 11.8 Å². The minimum absolute atomic E-state index is 0.0199. The largest absolute Gasteiger partial charge is 0.354 e. The highest BCUT2D eigenvalue weighted by Crippen LogP contribution is 2.15. The smallest absolute Gasteiger partial charge is 0.244 e. The fraction of sp³-hybridized carbons (Fsp3) is 0.158. The van der Waals surface area contributed by atoms with E-state index in [-0.39, 0.29) is 18.4 Å². The molecule has 0 unspecified atom stereocenters. The molecule has 4 nitrogen and oxygen atoms in total. The number of thioether (sulfide) groups is 1. The highest BCUT2D eigenvalue weighted by molar-refractivity contribution is 7.99. The Hall–Kier alpha value is -2.53. The van der Waals surface area contributed by atoms with Gasteiger partial charge in [-0.15, -0.1) is 11.8 Å². The molecule has 0 aliphatic carbocycles. The molecule has 0 spiro atoms. The zero-order valence-electron chi connectivity index (χ0n) is 13.3. The zero-order chi connectivity index (χ0) is 17.0. The summed E-state index contributed by atoms with van der Waals surface area (Å²) in [5, 5.41) is 5.35. The van der Waals surface area contributed by atoms with Gasteiger partial charge in [0.25, 0.3) is 0 Å². The number of rotatable bonds is 8. The highest BCUT2D eigenvalue weighted by atomic mass is 32.2. The summed E-state index contributed by atoms with van der Waals surface area (Å²) in [6.45, 7) is 0.544. The number of nitrogens with one attached hydrogen (secondary N) is 2. The summed E-state index contributed by atoms with van der Waals surface area (Å²) in [6.07, 6.45) is 3.14. The highest BCUT2D eigenvalue weighted by Gasteiger charge is 2.02. The molecule has 0 saturated carbocycles. The van der Waals surface area contributed by atoms with Crippen molar-refractivity contribution >= 4 is 29.7 Å². The van der Waals surface area contributed by atoms with Crippen LogP contribution in [0.1, 0.15) is 5.56 Å². The molecule has 2 aromatic carbocycles. The maximum Gasteiger partial charge on any atom is 0.244 e. The number of hydrogen-bond acceptors (Lipinski definition) is 3. The molecule has 0 heterocycles. The van der Waals surface area contributed by atoms with Gasteiger partial charge < -0.3 is 10.6 Å². The summed E-state index contributed by atoms with van der Waals surface area (Å²) in [5.41, 5.74) is 0.940. The SMILES string of the molecule is O=C(/C=C/c1ccccc1)NCC(=O)NCCSc1ccccc1. The molecule has 0 aliphatic heterocycles. The lowest BCUT2D eigenvalue weighted by molar-refractivity contribution is -0.123. The lowest BCUT2D eigenvalue weighted by atomic mass is 10.2. The van der Waals surface area contributed by atoms with Crippen molar-refractivity contribution in [2.45, 2.75) is 4.90 Å². The van der Waals surface area contributed by atoms with Crippen molar-refractivity contribution in [3.8, 4) is 0 Å². The van der Waals surface area contributed by atoms with Crippen LogP contribution in [0, 0.1) is 0 Å². The maximum absolute atomic E-state index is 11.7. The lowest BCUT2D eigenvalue weighted by Crippen LogP contribution is -2.37. The molecule has 0 radical (unpaired) electrons. The molecule has 24 heavy (non-hydrogen) atoms. The van der Waals surface area contributed by atoms with Crippen LogP contribution in [-0.4, -0.2) is 30.7 Å². The van der Waals surface area contributed by atoms with Crippen LogP contribution in [0.25, 0.3) is 6.08 Å². The van der Waals surface area contributed by atoms with E-state index in [1.807, 2.05) is 60.7 Å². The van der Waals surface area contributed by atoms with Gasteiger partial charge in [0, 0.05) is 23.3 Å². The van der Waals surface area contributed by atoms with Crippen LogP contribution in [0.2, 0.25) is 0 Å². The fourth-order valence-electron chi connectivity index (χ4n) is 1.90. The van der Waals surface area contributed by atoms with E-state index in [2.05, 4.69) is 10.6 Å². The van der Waals surface area contributed by atoms with Gasteiger partial charge in [-0.2, -0.15) is 0 Å². The number of hydrogen-bond donors (Lipinski definition) is 2. The number of amides is 2. The molecule has 2 N–H and O–H groups in total. The van der Waals surface area contributed by atoms with E-state index in [1.54, 1.807) is 17.8 Å². The van der Waals surface area contributed by atoms with Crippen LogP contribution in [-0.2, 0) is 9.59 Å². The van der Waals surface area contributed by atoms with E-state index < -0.39 is 0 Å². The van der Waals surface area contributed by atoms with Crippen molar-refractivity contribution in [2.75, 3.05) is 18.8 Å². The molecule has 0 aromatic heterocycles. The number of benzene rings is 2. The predicted molar refractivity (Wildman–Crippen MR) is 98.7 cm³/mol. The first-order chi connectivity index (χ1) is 11.7. The normalized spacial score (nSPS) is 10.5. The summed E-state index contributed by atoms with van der Waals surface area (Å²) in [7, 11) is 0. The Morgan fingerprint density at radius 2 is 1.58 bits per heavy atom. The van der Waals surface area contributed by atoms with E-state index in [9.17, 15) is 9.59 Å². The Bertz CT molecular complexity index is 672. The second-order valence-electron chi connectivity index (χ2n) is 4.97. The summed E-state index contributed by atoms with van der Waals surface area (Å²) in [6, 6.07) is 19.5. The van der Waals surface area contributed by atoms with Gasteiger partial charge in [-0.3, -0.25) is 9.59 Å². The van der Waals surface area contributed by atoms with Gasteiger partial charge in [0.15, 0.2) is 0 Å². The predicted octanol–water partition coefficient (Wildman–Crippen LogP) is 2.72.